The van der Waals surface area contributed by atoms with E-state index in [0.717, 1.165) is 29.7 Å². The van der Waals surface area contributed by atoms with Gasteiger partial charge in [0.1, 0.15) is 0 Å². The summed E-state index contributed by atoms with van der Waals surface area (Å²) in [6.07, 6.45) is 3.88. The molecule has 90 valence electrons. The number of benzene rings is 1. The van der Waals surface area contributed by atoms with Crippen molar-refractivity contribution in [2.45, 2.75) is 18.8 Å². The molecule has 1 aromatic heterocycles. The number of aromatic nitrogens is 1. The summed E-state index contributed by atoms with van der Waals surface area (Å²) in [5.74, 6) is -0.539. The van der Waals surface area contributed by atoms with Gasteiger partial charge in [0.15, 0.2) is 0 Å². The number of carboxylic acid groups (broad SMARTS) is 1. The van der Waals surface area contributed by atoms with Crippen molar-refractivity contribution in [2.75, 3.05) is 0 Å². The van der Waals surface area contributed by atoms with E-state index in [9.17, 15) is 9.90 Å². The normalized spacial score (nSPS) is 14.4. The second-order valence-corrected chi connectivity index (χ2v) is 4.60. The van der Waals surface area contributed by atoms with Crippen LogP contribution in [0.5, 0.6) is 0 Å². The molecule has 3 heteroatoms. The molecule has 1 fully saturated rings. The number of hydrogen-bond donors (Lipinski definition) is 1. The van der Waals surface area contributed by atoms with E-state index in [-0.39, 0.29) is 0 Å². The van der Waals surface area contributed by atoms with Crippen LogP contribution in [0.15, 0.2) is 42.6 Å². The van der Waals surface area contributed by atoms with Crippen molar-refractivity contribution in [2.24, 2.45) is 0 Å². The van der Waals surface area contributed by atoms with Gasteiger partial charge in [-0.1, -0.05) is 30.3 Å². The van der Waals surface area contributed by atoms with Crippen LogP contribution in [0.3, 0.4) is 0 Å². The van der Waals surface area contributed by atoms with Gasteiger partial charge < -0.3 is 5.11 Å². The number of carboxylic acids is 1. The second kappa shape index (κ2) is 4.26. The SMILES string of the molecule is O=C(O)c1cc(-c2ccccc2)cnc1C1CC1. The van der Waals surface area contributed by atoms with E-state index >= 15 is 0 Å². The van der Waals surface area contributed by atoms with Crippen LogP contribution in [0.25, 0.3) is 11.1 Å². The maximum absolute atomic E-state index is 11.3. The summed E-state index contributed by atoms with van der Waals surface area (Å²) in [5, 5.41) is 9.27. The molecule has 1 saturated carbocycles. The molecule has 0 saturated heterocycles. The summed E-state index contributed by atoms with van der Waals surface area (Å²) in [7, 11) is 0. The van der Waals surface area contributed by atoms with Gasteiger partial charge in [-0.15, -0.1) is 0 Å². The largest absolute Gasteiger partial charge is 0.478 e. The van der Waals surface area contributed by atoms with Crippen LogP contribution in [0.1, 0.15) is 34.8 Å². The van der Waals surface area contributed by atoms with Gasteiger partial charge in [0.2, 0.25) is 0 Å². The van der Waals surface area contributed by atoms with E-state index in [0.29, 0.717) is 11.5 Å². The first-order valence-corrected chi connectivity index (χ1v) is 6.04. The molecular weight excluding hydrogens is 226 g/mol. The van der Waals surface area contributed by atoms with Crippen LogP contribution in [0, 0.1) is 0 Å². The molecular formula is C15H13NO2. The molecule has 2 aromatic rings. The molecule has 1 aromatic carbocycles. The lowest BCUT2D eigenvalue weighted by molar-refractivity contribution is 0.0695. The number of pyridine rings is 1. The van der Waals surface area contributed by atoms with E-state index < -0.39 is 5.97 Å². The number of rotatable bonds is 3. The Kier molecular flexibility index (Phi) is 2.59. The third kappa shape index (κ3) is 1.99. The van der Waals surface area contributed by atoms with Crippen LogP contribution in [0.2, 0.25) is 0 Å². The maximum Gasteiger partial charge on any atom is 0.337 e. The Hall–Kier alpha value is -2.16. The molecule has 3 nitrogen and oxygen atoms in total. The van der Waals surface area contributed by atoms with Crippen molar-refractivity contribution in [3.05, 3.63) is 53.9 Å². The highest BCUT2D eigenvalue weighted by Gasteiger charge is 2.29. The van der Waals surface area contributed by atoms with Gasteiger partial charge in [-0.25, -0.2) is 4.79 Å². The molecule has 3 rings (SSSR count). The lowest BCUT2D eigenvalue weighted by atomic mass is 10.0. The summed E-state index contributed by atoms with van der Waals surface area (Å²) >= 11 is 0. The van der Waals surface area contributed by atoms with Crippen molar-refractivity contribution in [3.63, 3.8) is 0 Å². The molecule has 1 aliphatic carbocycles. The Morgan fingerprint density at radius 3 is 2.50 bits per heavy atom. The number of nitrogens with zero attached hydrogens (tertiary/aromatic N) is 1. The quantitative estimate of drug-likeness (QED) is 0.893. The van der Waals surface area contributed by atoms with Gasteiger partial charge in [0.05, 0.1) is 11.3 Å². The minimum absolute atomic E-state index is 0.346. The highest BCUT2D eigenvalue weighted by Crippen LogP contribution is 2.41. The van der Waals surface area contributed by atoms with Gasteiger partial charge >= 0.3 is 5.97 Å². The fourth-order valence-electron chi connectivity index (χ4n) is 2.12. The zero-order valence-electron chi connectivity index (χ0n) is 9.84. The van der Waals surface area contributed by atoms with Crippen LogP contribution in [0.4, 0.5) is 0 Å². The fraction of sp³-hybridized carbons (Fsp3) is 0.200. The van der Waals surface area contributed by atoms with E-state index in [4.69, 9.17) is 0 Å². The molecule has 0 spiro atoms. The minimum Gasteiger partial charge on any atom is -0.478 e. The number of hydrogen-bond acceptors (Lipinski definition) is 2. The predicted octanol–water partition coefficient (Wildman–Crippen LogP) is 3.32. The van der Waals surface area contributed by atoms with Gasteiger partial charge in [-0.3, -0.25) is 4.98 Å². The van der Waals surface area contributed by atoms with Gasteiger partial charge in [0, 0.05) is 17.7 Å². The molecule has 1 heterocycles. The van der Waals surface area contributed by atoms with E-state index in [1.807, 2.05) is 30.3 Å². The molecule has 1 N–H and O–H groups in total. The van der Waals surface area contributed by atoms with Gasteiger partial charge in [0.25, 0.3) is 0 Å². The lowest BCUT2D eigenvalue weighted by Crippen LogP contribution is -2.04. The molecule has 0 unspecified atom stereocenters. The van der Waals surface area contributed by atoms with Crippen molar-refractivity contribution in [1.82, 2.24) is 4.98 Å². The van der Waals surface area contributed by atoms with Crippen molar-refractivity contribution < 1.29 is 9.90 Å². The van der Waals surface area contributed by atoms with E-state index in [2.05, 4.69) is 4.98 Å². The predicted molar refractivity (Wildman–Crippen MR) is 68.6 cm³/mol. The molecule has 18 heavy (non-hydrogen) atoms. The van der Waals surface area contributed by atoms with Crippen molar-refractivity contribution in [1.29, 1.82) is 0 Å². The fourth-order valence-corrected chi connectivity index (χ4v) is 2.12. The van der Waals surface area contributed by atoms with E-state index in [1.54, 1.807) is 12.3 Å². The Labute approximate surface area is 105 Å². The Bertz CT molecular complexity index is 589. The summed E-state index contributed by atoms with van der Waals surface area (Å²) in [4.78, 5) is 15.7. The first kappa shape index (κ1) is 11.0. The van der Waals surface area contributed by atoms with Crippen LogP contribution >= 0.6 is 0 Å². The van der Waals surface area contributed by atoms with Gasteiger partial charge in [-0.2, -0.15) is 0 Å². The van der Waals surface area contributed by atoms with Gasteiger partial charge in [-0.05, 0) is 24.5 Å². The third-order valence-corrected chi connectivity index (χ3v) is 3.22. The zero-order valence-corrected chi connectivity index (χ0v) is 9.84. The molecule has 0 aliphatic heterocycles. The smallest absolute Gasteiger partial charge is 0.337 e. The minimum atomic E-state index is -0.887. The molecule has 0 bridgehead atoms. The topological polar surface area (TPSA) is 50.2 Å². The molecule has 1 aliphatic rings. The Morgan fingerprint density at radius 1 is 1.17 bits per heavy atom. The van der Waals surface area contributed by atoms with Crippen molar-refractivity contribution in [3.8, 4) is 11.1 Å². The second-order valence-electron chi connectivity index (χ2n) is 4.60. The monoisotopic (exact) mass is 239 g/mol. The Balaban J connectivity index is 2.08. The summed E-state index contributed by atoms with van der Waals surface area (Å²) in [5.41, 5.74) is 2.94. The van der Waals surface area contributed by atoms with Crippen LogP contribution in [-0.4, -0.2) is 16.1 Å². The highest BCUT2D eigenvalue weighted by atomic mass is 16.4. The highest BCUT2D eigenvalue weighted by molar-refractivity contribution is 5.90. The third-order valence-electron chi connectivity index (χ3n) is 3.22. The first-order chi connectivity index (χ1) is 8.75. The standard InChI is InChI=1S/C15H13NO2/c17-15(18)13-8-12(10-4-2-1-3-5-10)9-16-14(13)11-6-7-11/h1-5,8-9,11H,6-7H2,(H,17,18). The molecule has 0 atom stereocenters. The first-order valence-electron chi connectivity index (χ1n) is 6.04. The zero-order chi connectivity index (χ0) is 12.5. The number of aromatic carboxylic acids is 1. The van der Waals surface area contributed by atoms with Crippen LogP contribution < -0.4 is 0 Å². The average molecular weight is 239 g/mol. The summed E-state index contributed by atoms with van der Waals surface area (Å²) in [6, 6.07) is 11.5. The van der Waals surface area contributed by atoms with Crippen molar-refractivity contribution >= 4 is 5.97 Å². The summed E-state index contributed by atoms with van der Waals surface area (Å²) in [6.45, 7) is 0. The maximum atomic E-state index is 11.3. The van der Waals surface area contributed by atoms with Crippen LogP contribution in [-0.2, 0) is 0 Å². The molecule has 0 radical (unpaired) electrons. The Morgan fingerprint density at radius 2 is 1.89 bits per heavy atom. The lowest BCUT2D eigenvalue weighted by Gasteiger charge is -2.07. The molecule has 0 amide bonds. The average Bonchev–Trinajstić information content (AvgIpc) is 3.23. The summed E-state index contributed by atoms with van der Waals surface area (Å²) < 4.78 is 0. The number of carbonyl (C=O) groups is 1. The van der Waals surface area contributed by atoms with E-state index in [1.165, 1.54) is 0 Å².